The predicted molar refractivity (Wildman–Crippen MR) is 55.4 cm³/mol. The van der Waals surface area contributed by atoms with E-state index in [4.69, 9.17) is 0 Å². The molecule has 0 aromatic carbocycles. The van der Waals surface area contributed by atoms with Crippen LogP contribution in [0.1, 0.15) is 48.8 Å². The van der Waals surface area contributed by atoms with E-state index >= 15 is 0 Å². The highest BCUT2D eigenvalue weighted by Gasteiger charge is 2.30. The Morgan fingerprint density at radius 3 is 2.57 bits per heavy atom. The summed E-state index contributed by atoms with van der Waals surface area (Å²) in [5.41, 5.74) is 2.95. The molecular formula is C11H17N3. The third-order valence-electron chi connectivity index (χ3n) is 3.46. The summed E-state index contributed by atoms with van der Waals surface area (Å²) in [5, 5.41) is 10.8. The third kappa shape index (κ3) is 1.46. The summed E-state index contributed by atoms with van der Waals surface area (Å²) in [6, 6.07) is 0. The second-order valence-corrected chi connectivity index (χ2v) is 4.54. The van der Waals surface area contributed by atoms with Gasteiger partial charge in [0, 0.05) is 11.6 Å². The molecular weight excluding hydrogens is 174 g/mol. The maximum absolute atomic E-state index is 4.21. The smallest absolute Gasteiger partial charge is 0.0525 e. The lowest BCUT2D eigenvalue weighted by Gasteiger charge is -2.22. The van der Waals surface area contributed by atoms with Gasteiger partial charge in [-0.1, -0.05) is 0 Å². The van der Waals surface area contributed by atoms with Crippen LogP contribution in [-0.4, -0.2) is 23.3 Å². The molecule has 0 bridgehead atoms. The van der Waals surface area contributed by atoms with Gasteiger partial charge in [0.2, 0.25) is 0 Å². The molecule has 1 aromatic rings. The van der Waals surface area contributed by atoms with Gasteiger partial charge in [0.1, 0.15) is 0 Å². The van der Waals surface area contributed by atoms with Crippen LogP contribution in [0, 0.1) is 0 Å². The fourth-order valence-electron chi connectivity index (χ4n) is 2.46. The summed E-state index contributed by atoms with van der Waals surface area (Å²) in [6.07, 6.45) is 7.33. The first-order chi connectivity index (χ1) is 6.95. The summed E-state index contributed by atoms with van der Waals surface area (Å²) in [6.45, 7) is 2.32. The number of rotatable bonds is 2. The van der Waals surface area contributed by atoms with Crippen molar-refractivity contribution in [2.45, 2.75) is 37.5 Å². The van der Waals surface area contributed by atoms with Gasteiger partial charge in [-0.15, -0.1) is 0 Å². The maximum Gasteiger partial charge on any atom is 0.0525 e. The second kappa shape index (κ2) is 3.39. The lowest BCUT2D eigenvalue weighted by atomic mass is 9.91. The fourth-order valence-corrected chi connectivity index (χ4v) is 2.46. The third-order valence-corrected chi connectivity index (χ3v) is 3.46. The van der Waals surface area contributed by atoms with Crippen LogP contribution in [0.4, 0.5) is 0 Å². The van der Waals surface area contributed by atoms with E-state index in [-0.39, 0.29) is 0 Å². The highest BCUT2D eigenvalue weighted by Crippen LogP contribution is 2.43. The SMILES string of the molecule is c1n[nH]c(C2CCNCC2)c1C1CC1. The van der Waals surface area contributed by atoms with Crippen molar-refractivity contribution in [3.05, 3.63) is 17.5 Å². The van der Waals surface area contributed by atoms with Crippen LogP contribution >= 0.6 is 0 Å². The fraction of sp³-hybridized carbons (Fsp3) is 0.727. The molecule has 1 aromatic heterocycles. The Morgan fingerprint density at radius 2 is 1.86 bits per heavy atom. The molecule has 0 spiro atoms. The van der Waals surface area contributed by atoms with Gasteiger partial charge >= 0.3 is 0 Å². The molecule has 3 heteroatoms. The van der Waals surface area contributed by atoms with E-state index in [1.165, 1.54) is 36.9 Å². The molecule has 0 radical (unpaired) electrons. The van der Waals surface area contributed by atoms with Gasteiger partial charge in [0.25, 0.3) is 0 Å². The van der Waals surface area contributed by atoms with Crippen molar-refractivity contribution in [2.75, 3.05) is 13.1 Å². The van der Waals surface area contributed by atoms with Crippen molar-refractivity contribution in [3.8, 4) is 0 Å². The zero-order chi connectivity index (χ0) is 9.38. The standard InChI is InChI=1S/C11H17N3/c1-2-8(1)10-7-13-14-11(10)9-3-5-12-6-4-9/h7-9,12H,1-6H2,(H,13,14). The van der Waals surface area contributed by atoms with Crippen molar-refractivity contribution in [2.24, 2.45) is 0 Å². The summed E-state index contributed by atoms with van der Waals surface area (Å²) >= 11 is 0. The number of nitrogens with zero attached hydrogens (tertiary/aromatic N) is 1. The normalized spacial score (nSPS) is 24.0. The van der Waals surface area contributed by atoms with Crippen LogP contribution < -0.4 is 5.32 Å². The van der Waals surface area contributed by atoms with Crippen LogP contribution in [0.15, 0.2) is 6.20 Å². The predicted octanol–water partition coefficient (Wildman–Crippen LogP) is 1.75. The Balaban J connectivity index is 1.82. The van der Waals surface area contributed by atoms with Crippen LogP contribution in [0.25, 0.3) is 0 Å². The molecule has 1 aliphatic heterocycles. The lowest BCUT2D eigenvalue weighted by molar-refractivity contribution is 0.451. The Kier molecular flexibility index (Phi) is 2.05. The Bertz CT molecular complexity index is 308. The van der Waals surface area contributed by atoms with Gasteiger partial charge in [-0.05, 0) is 50.3 Å². The summed E-state index contributed by atoms with van der Waals surface area (Å²) in [7, 11) is 0. The summed E-state index contributed by atoms with van der Waals surface area (Å²) < 4.78 is 0. The number of hydrogen-bond donors (Lipinski definition) is 2. The van der Waals surface area contributed by atoms with Crippen molar-refractivity contribution in [1.29, 1.82) is 0 Å². The molecule has 2 aliphatic rings. The topological polar surface area (TPSA) is 40.7 Å². The van der Waals surface area contributed by atoms with Crippen LogP contribution in [0.2, 0.25) is 0 Å². The van der Waals surface area contributed by atoms with Gasteiger partial charge in [-0.2, -0.15) is 5.10 Å². The molecule has 1 saturated carbocycles. The van der Waals surface area contributed by atoms with E-state index in [0.717, 1.165) is 24.9 Å². The minimum absolute atomic E-state index is 0.731. The molecule has 14 heavy (non-hydrogen) atoms. The molecule has 1 aliphatic carbocycles. The number of nitrogens with one attached hydrogen (secondary N) is 2. The van der Waals surface area contributed by atoms with Crippen molar-refractivity contribution >= 4 is 0 Å². The van der Waals surface area contributed by atoms with Gasteiger partial charge in [0.15, 0.2) is 0 Å². The summed E-state index contributed by atoms with van der Waals surface area (Å²) in [5.74, 6) is 1.56. The van der Waals surface area contributed by atoms with Crippen LogP contribution in [0.3, 0.4) is 0 Å². The summed E-state index contributed by atoms with van der Waals surface area (Å²) in [4.78, 5) is 0. The molecule has 0 unspecified atom stereocenters. The molecule has 0 amide bonds. The number of aromatic amines is 1. The van der Waals surface area contributed by atoms with E-state index in [0.29, 0.717) is 0 Å². The number of piperidine rings is 1. The van der Waals surface area contributed by atoms with Gasteiger partial charge in [-0.3, -0.25) is 5.10 Å². The van der Waals surface area contributed by atoms with Crippen molar-refractivity contribution in [1.82, 2.24) is 15.5 Å². The lowest BCUT2D eigenvalue weighted by Crippen LogP contribution is -2.27. The number of H-pyrrole nitrogens is 1. The van der Waals surface area contributed by atoms with Crippen LogP contribution in [-0.2, 0) is 0 Å². The van der Waals surface area contributed by atoms with E-state index in [1.54, 1.807) is 0 Å². The zero-order valence-electron chi connectivity index (χ0n) is 8.42. The van der Waals surface area contributed by atoms with Gasteiger partial charge < -0.3 is 5.32 Å². The monoisotopic (exact) mass is 191 g/mol. The molecule has 2 heterocycles. The van der Waals surface area contributed by atoms with E-state index in [1.807, 2.05) is 0 Å². The van der Waals surface area contributed by atoms with Crippen molar-refractivity contribution in [3.63, 3.8) is 0 Å². The highest BCUT2D eigenvalue weighted by molar-refractivity contribution is 5.28. The molecule has 0 atom stereocenters. The second-order valence-electron chi connectivity index (χ2n) is 4.54. The van der Waals surface area contributed by atoms with Crippen molar-refractivity contribution < 1.29 is 0 Å². The van der Waals surface area contributed by atoms with Gasteiger partial charge in [-0.25, -0.2) is 0 Å². The molecule has 3 rings (SSSR count). The molecule has 3 nitrogen and oxygen atoms in total. The quantitative estimate of drug-likeness (QED) is 0.747. The highest BCUT2D eigenvalue weighted by atomic mass is 15.1. The zero-order valence-corrected chi connectivity index (χ0v) is 8.42. The van der Waals surface area contributed by atoms with E-state index in [2.05, 4.69) is 21.7 Å². The first-order valence-electron chi connectivity index (χ1n) is 5.69. The largest absolute Gasteiger partial charge is 0.317 e. The Hall–Kier alpha value is -0.830. The molecule has 1 saturated heterocycles. The molecule has 2 fully saturated rings. The van der Waals surface area contributed by atoms with Crippen LogP contribution in [0.5, 0.6) is 0 Å². The van der Waals surface area contributed by atoms with Gasteiger partial charge in [0.05, 0.1) is 6.20 Å². The minimum Gasteiger partial charge on any atom is -0.317 e. The minimum atomic E-state index is 0.731. The first-order valence-corrected chi connectivity index (χ1v) is 5.69. The Morgan fingerprint density at radius 1 is 1.07 bits per heavy atom. The Labute approximate surface area is 84.3 Å². The number of aromatic nitrogens is 2. The van der Waals surface area contributed by atoms with E-state index < -0.39 is 0 Å². The average molecular weight is 191 g/mol. The molecule has 2 N–H and O–H groups in total. The first kappa shape index (κ1) is 8.48. The maximum atomic E-state index is 4.21. The number of hydrogen-bond acceptors (Lipinski definition) is 2. The van der Waals surface area contributed by atoms with E-state index in [9.17, 15) is 0 Å². The molecule has 76 valence electrons. The average Bonchev–Trinajstić information content (AvgIpc) is 2.98.